The summed E-state index contributed by atoms with van der Waals surface area (Å²) >= 11 is 0. The van der Waals surface area contributed by atoms with Crippen molar-refractivity contribution in [3.8, 4) is 0 Å². The summed E-state index contributed by atoms with van der Waals surface area (Å²) in [6, 6.07) is -0.659. The zero-order valence-electron chi connectivity index (χ0n) is 9.45. The lowest BCUT2D eigenvalue weighted by molar-refractivity contribution is -0.144. The summed E-state index contributed by atoms with van der Waals surface area (Å²) in [5.74, 6) is -0.710. The average Bonchev–Trinajstić information content (AvgIpc) is 3.10. The Morgan fingerprint density at radius 1 is 1.06 bits per heavy atom. The lowest BCUT2D eigenvalue weighted by atomic mass is 9.84. The number of hydrogen-bond donors (Lipinski definition) is 2. The molecular weight excluding hydrogens is 206 g/mol. The first-order valence-corrected chi connectivity index (χ1v) is 6.21. The predicted molar refractivity (Wildman–Crippen MR) is 58.9 cm³/mol. The third kappa shape index (κ3) is 2.74. The van der Waals surface area contributed by atoms with Crippen LogP contribution in [0.15, 0.2) is 0 Å². The van der Waals surface area contributed by atoms with Crippen LogP contribution in [0.2, 0.25) is 0 Å². The van der Waals surface area contributed by atoms with E-state index in [1.807, 2.05) is 0 Å². The van der Waals surface area contributed by atoms with Gasteiger partial charge in [0, 0.05) is 5.92 Å². The van der Waals surface area contributed by atoms with Crippen molar-refractivity contribution < 1.29 is 14.7 Å². The first-order chi connectivity index (χ1) is 7.68. The SMILES string of the molecule is O=C(NC(C(=O)O)C1CCCCC1)C1CC1. The molecule has 2 rings (SSSR count). The molecule has 2 aliphatic carbocycles. The van der Waals surface area contributed by atoms with E-state index in [4.69, 9.17) is 5.11 Å². The van der Waals surface area contributed by atoms with Crippen molar-refractivity contribution in [1.82, 2.24) is 5.32 Å². The molecule has 0 aromatic carbocycles. The van der Waals surface area contributed by atoms with Gasteiger partial charge in [-0.25, -0.2) is 4.79 Å². The summed E-state index contributed by atoms with van der Waals surface area (Å²) in [6.45, 7) is 0. The molecule has 90 valence electrons. The van der Waals surface area contributed by atoms with Crippen molar-refractivity contribution in [3.05, 3.63) is 0 Å². The van der Waals surface area contributed by atoms with E-state index in [0.717, 1.165) is 38.5 Å². The Hall–Kier alpha value is -1.06. The van der Waals surface area contributed by atoms with Crippen molar-refractivity contribution in [1.29, 1.82) is 0 Å². The largest absolute Gasteiger partial charge is 0.480 e. The summed E-state index contributed by atoms with van der Waals surface area (Å²) in [4.78, 5) is 22.8. The minimum Gasteiger partial charge on any atom is -0.480 e. The van der Waals surface area contributed by atoms with E-state index in [0.29, 0.717) is 0 Å². The van der Waals surface area contributed by atoms with Gasteiger partial charge in [-0.15, -0.1) is 0 Å². The molecule has 0 aliphatic heterocycles. The number of nitrogens with one attached hydrogen (secondary N) is 1. The summed E-state index contributed by atoms with van der Waals surface area (Å²) in [5, 5.41) is 11.9. The van der Waals surface area contributed by atoms with Crippen molar-refractivity contribution >= 4 is 11.9 Å². The van der Waals surface area contributed by atoms with E-state index in [2.05, 4.69) is 5.32 Å². The van der Waals surface area contributed by atoms with Crippen LogP contribution in [0, 0.1) is 11.8 Å². The van der Waals surface area contributed by atoms with E-state index in [1.165, 1.54) is 6.42 Å². The molecule has 2 saturated carbocycles. The number of rotatable bonds is 4. The molecule has 2 aliphatic rings. The van der Waals surface area contributed by atoms with Crippen LogP contribution in [0.25, 0.3) is 0 Å². The zero-order valence-corrected chi connectivity index (χ0v) is 9.45. The van der Waals surface area contributed by atoms with Gasteiger partial charge in [0.05, 0.1) is 0 Å². The fraction of sp³-hybridized carbons (Fsp3) is 0.833. The highest BCUT2D eigenvalue weighted by Crippen LogP contribution is 2.31. The Balaban J connectivity index is 1.92. The van der Waals surface area contributed by atoms with Gasteiger partial charge in [-0.3, -0.25) is 4.79 Å². The molecule has 0 aromatic heterocycles. The summed E-state index contributed by atoms with van der Waals surface area (Å²) < 4.78 is 0. The van der Waals surface area contributed by atoms with Crippen molar-refractivity contribution in [3.63, 3.8) is 0 Å². The topological polar surface area (TPSA) is 66.4 Å². The van der Waals surface area contributed by atoms with Crippen LogP contribution in [-0.2, 0) is 9.59 Å². The van der Waals surface area contributed by atoms with Crippen LogP contribution >= 0.6 is 0 Å². The highest BCUT2D eigenvalue weighted by Gasteiger charge is 2.36. The number of hydrogen-bond acceptors (Lipinski definition) is 2. The van der Waals surface area contributed by atoms with Crippen molar-refractivity contribution in [2.45, 2.75) is 51.0 Å². The molecule has 1 atom stereocenters. The van der Waals surface area contributed by atoms with Gasteiger partial charge in [0.2, 0.25) is 5.91 Å². The molecule has 1 amide bonds. The van der Waals surface area contributed by atoms with Gasteiger partial charge in [0.15, 0.2) is 0 Å². The van der Waals surface area contributed by atoms with Crippen molar-refractivity contribution in [2.75, 3.05) is 0 Å². The minimum atomic E-state index is -0.874. The molecule has 0 saturated heterocycles. The second-order valence-corrected chi connectivity index (χ2v) is 5.00. The van der Waals surface area contributed by atoms with E-state index in [9.17, 15) is 9.59 Å². The lowest BCUT2D eigenvalue weighted by Gasteiger charge is -2.28. The van der Waals surface area contributed by atoms with Crippen LogP contribution in [-0.4, -0.2) is 23.0 Å². The Morgan fingerprint density at radius 3 is 2.19 bits per heavy atom. The molecule has 0 aromatic rings. The van der Waals surface area contributed by atoms with E-state index < -0.39 is 12.0 Å². The third-order valence-corrected chi connectivity index (χ3v) is 3.63. The van der Waals surface area contributed by atoms with Gasteiger partial charge >= 0.3 is 5.97 Å². The maximum absolute atomic E-state index is 11.6. The second-order valence-electron chi connectivity index (χ2n) is 5.00. The lowest BCUT2D eigenvalue weighted by Crippen LogP contribution is -2.47. The number of carbonyl (C=O) groups is 2. The third-order valence-electron chi connectivity index (χ3n) is 3.63. The molecule has 0 bridgehead atoms. The maximum atomic E-state index is 11.6. The second kappa shape index (κ2) is 4.85. The van der Waals surface area contributed by atoms with Crippen molar-refractivity contribution in [2.24, 2.45) is 11.8 Å². The Kier molecular flexibility index (Phi) is 3.46. The molecule has 4 heteroatoms. The molecule has 0 spiro atoms. The van der Waals surface area contributed by atoms with Gasteiger partial charge < -0.3 is 10.4 Å². The number of carboxylic acid groups (broad SMARTS) is 1. The summed E-state index contributed by atoms with van der Waals surface area (Å²) in [6.07, 6.45) is 7.08. The maximum Gasteiger partial charge on any atom is 0.326 e. The number of amides is 1. The normalized spacial score (nSPS) is 23.8. The van der Waals surface area contributed by atoms with Gasteiger partial charge in [-0.05, 0) is 31.6 Å². The first kappa shape index (κ1) is 11.4. The number of carboxylic acids is 1. The molecular formula is C12H19NO3. The molecule has 1 unspecified atom stereocenters. The smallest absolute Gasteiger partial charge is 0.326 e. The quantitative estimate of drug-likeness (QED) is 0.762. The fourth-order valence-corrected chi connectivity index (χ4v) is 2.47. The van der Waals surface area contributed by atoms with Gasteiger partial charge in [-0.1, -0.05) is 19.3 Å². The molecule has 2 N–H and O–H groups in total. The van der Waals surface area contributed by atoms with E-state index >= 15 is 0 Å². The number of carbonyl (C=O) groups excluding carboxylic acids is 1. The van der Waals surface area contributed by atoms with Gasteiger partial charge in [0.1, 0.15) is 6.04 Å². The van der Waals surface area contributed by atoms with Crippen LogP contribution in [0.1, 0.15) is 44.9 Å². The monoisotopic (exact) mass is 225 g/mol. The summed E-state index contributed by atoms with van der Waals surface area (Å²) in [5.41, 5.74) is 0. The Labute approximate surface area is 95.4 Å². The van der Waals surface area contributed by atoms with Crippen LogP contribution in [0.4, 0.5) is 0 Å². The van der Waals surface area contributed by atoms with E-state index in [1.54, 1.807) is 0 Å². The standard InChI is InChI=1S/C12H19NO3/c14-11(9-6-7-9)13-10(12(15)16)8-4-2-1-3-5-8/h8-10H,1-7H2,(H,13,14)(H,15,16). The molecule has 2 fully saturated rings. The van der Waals surface area contributed by atoms with Gasteiger partial charge in [0.25, 0.3) is 0 Å². The highest BCUT2D eigenvalue weighted by molar-refractivity contribution is 5.86. The van der Waals surface area contributed by atoms with Gasteiger partial charge in [-0.2, -0.15) is 0 Å². The highest BCUT2D eigenvalue weighted by atomic mass is 16.4. The van der Waals surface area contributed by atoms with Crippen LogP contribution < -0.4 is 5.32 Å². The molecule has 16 heavy (non-hydrogen) atoms. The average molecular weight is 225 g/mol. The molecule has 0 heterocycles. The Morgan fingerprint density at radius 2 is 1.69 bits per heavy atom. The van der Waals surface area contributed by atoms with Crippen LogP contribution in [0.5, 0.6) is 0 Å². The van der Waals surface area contributed by atoms with Crippen LogP contribution in [0.3, 0.4) is 0 Å². The Bertz CT molecular complexity index is 280. The fourth-order valence-electron chi connectivity index (χ4n) is 2.47. The van der Waals surface area contributed by atoms with E-state index in [-0.39, 0.29) is 17.7 Å². The first-order valence-electron chi connectivity index (χ1n) is 6.21. The number of aliphatic carboxylic acids is 1. The molecule has 0 radical (unpaired) electrons. The summed E-state index contributed by atoms with van der Waals surface area (Å²) in [7, 11) is 0. The predicted octanol–water partition coefficient (Wildman–Crippen LogP) is 1.55. The zero-order chi connectivity index (χ0) is 11.5. The molecule has 4 nitrogen and oxygen atoms in total. The minimum absolute atomic E-state index is 0.0574.